The van der Waals surface area contributed by atoms with Crippen molar-refractivity contribution in [3.63, 3.8) is 0 Å². The average molecular weight is 417 g/mol. The number of hydrogen-bond acceptors (Lipinski definition) is 4. The number of rotatable bonds is 0. The molecule has 0 unspecified atom stereocenters. The monoisotopic (exact) mass is 416 g/mol. The van der Waals surface area contributed by atoms with Gasteiger partial charge in [0.2, 0.25) is 0 Å². The summed E-state index contributed by atoms with van der Waals surface area (Å²) in [6.07, 6.45) is 6.36. The van der Waals surface area contributed by atoms with Gasteiger partial charge in [-0.1, -0.05) is 41.0 Å². The lowest BCUT2D eigenvalue weighted by atomic mass is 9.34. The van der Waals surface area contributed by atoms with Crippen molar-refractivity contribution < 1.29 is 19.4 Å². The van der Waals surface area contributed by atoms with Crippen LogP contribution in [0.4, 0.5) is 0 Å². The van der Waals surface area contributed by atoms with Crippen LogP contribution in [0, 0.1) is 51.2 Å². The SMILES string of the molecule is C[C@@H]1OC(=O)[C@H]2[C@H]1[C@@H](O)C[C@H]1[C@]3(C)CC[C@H]4C(C)(C)CCC[C@]4(C)[C@H]3CC(=O)[C@]21C. The highest BCUT2D eigenvalue weighted by Gasteiger charge is 2.72. The summed E-state index contributed by atoms with van der Waals surface area (Å²) in [6.45, 7) is 13.6. The molecule has 0 spiro atoms. The van der Waals surface area contributed by atoms with E-state index >= 15 is 0 Å². The summed E-state index contributed by atoms with van der Waals surface area (Å²) in [5.74, 6) is 0.302. The van der Waals surface area contributed by atoms with Gasteiger partial charge in [0.15, 0.2) is 0 Å². The molecule has 4 heteroatoms. The average Bonchev–Trinajstić information content (AvgIpc) is 2.95. The third-order valence-corrected chi connectivity index (χ3v) is 11.4. The highest BCUT2D eigenvalue weighted by atomic mass is 16.6. The molecule has 168 valence electrons. The van der Waals surface area contributed by atoms with E-state index in [9.17, 15) is 14.7 Å². The number of hydrogen-bond donors (Lipinski definition) is 1. The van der Waals surface area contributed by atoms with Crippen LogP contribution >= 0.6 is 0 Å². The standard InChI is InChI=1S/C26H40O4/c1-14-20-15(27)12-18-25(5)11-8-16-23(2,3)9-7-10-24(16,4)17(25)13-19(28)26(18,6)21(20)22(29)30-14/h14-18,20-21,27H,7-13H2,1-6H3/t14-,15-,16-,17+,18-,20+,21+,24-,25+,26+/m0/s1. The van der Waals surface area contributed by atoms with Crippen molar-refractivity contribution in [3.8, 4) is 0 Å². The summed E-state index contributed by atoms with van der Waals surface area (Å²) in [6, 6.07) is 0. The van der Waals surface area contributed by atoms with Crippen molar-refractivity contribution in [1.29, 1.82) is 0 Å². The van der Waals surface area contributed by atoms with E-state index in [0.717, 1.165) is 6.42 Å². The Labute approximate surface area is 181 Å². The number of ketones is 1. The van der Waals surface area contributed by atoms with E-state index in [4.69, 9.17) is 4.74 Å². The summed E-state index contributed by atoms with van der Waals surface area (Å²) in [5, 5.41) is 11.1. The molecule has 10 atom stereocenters. The first-order chi connectivity index (χ1) is 13.9. The Hall–Kier alpha value is -0.900. The molecule has 4 saturated carbocycles. The van der Waals surface area contributed by atoms with Gasteiger partial charge in [-0.05, 0) is 73.0 Å². The van der Waals surface area contributed by atoms with Gasteiger partial charge in [0.1, 0.15) is 11.9 Å². The molecule has 0 aromatic rings. The first-order valence-electron chi connectivity index (χ1n) is 12.3. The number of aliphatic hydroxyl groups is 1. The minimum atomic E-state index is -0.704. The number of ether oxygens (including phenoxy) is 1. The number of carbonyl (C=O) groups is 2. The molecular weight excluding hydrogens is 376 g/mol. The Morgan fingerprint density at radius 1 is 0.933 bits per heavy atom. The van der Waals surface area contributed by atoms with E-state index < -0.39 is 17.4 Å². The van der Waals surface area contributed by atoms with Crippen LogP contribution in [0.25, 0.3) is 0 Å². The van der Waals surface area contributed by atoms with Crippen LogP contribution in [-0.2, 0) is 14.3 Å². The van der Waals surface area contributed by atoms with Crippen molar-refractivity contribution in [1.82, 2.24) is 0 Å². The molecule has 5 aliphatic rings. The topological polar surface area (TPSA) is 63.6 Å². The third-order valence-electron chi connectivity index (χ3n) is 11.4. The van der Waals surface area contributed by atoms with Gasteiger partial charge in [-0.2, -0.15) is 0 Å². The van der Waals surface area contributed by atoms with Crippen LogP contribution < -0.4 is 0 Å². The van der Waals surface area contributed by atoms with Gasteiger partial charge in [0, 0.05) is 17.8 Å². The minimum Gasteiger partial charge on any atom is -0.462 e. The van der Waals surface area contributed by atoms with Gasteiger partial charge in [-0.3, -0.25) is 9.59 Å². The Bertz CT molecular complexity index is 788. The van der Waals surface area contributed by atoms with E-state index in [0.29, 0.717) is 30.1 Å². The number of Topliss-reactive ketones (excluding diaryl/α,β-unsaturated/α-hetero) is 1. The fourth-order valence-electron chi connectivity index (χ4n) is 10.1. The van der Waals surface area contributed by atoms with Crippen molar-refractivity contribution in [2.45, 2.75) is 98.7 Å². The second kappa shape index (κ2) is 6.11. The van der Waals surface area contributed by atoms with Gasteiger partial charge >= 0.3 is 5.97 Å². The summed E-state index contributed by atoms with van der Waals surface area (Å²) in [5.41, 5.74) is -0.235. The molecule has 1 heterocycles. The molecule has 0 amide bonds. The number of cyclic esters (lactones) is 1. The van der Waals surface area contributed by atoms with Crippen LogP contribution in [0.1, 0.15) is 86.5 Å². The number of esters is 1. The van der Waals surface area contributed by atoms with Gasteiger partial charge < -0.3 is 9.84 Å². The van der Waals surface area contributed by atoms with Crippen molar-refractivity contribution >= 4 is 11.8 Å². The molecule has 0 radical (unpaired) electrons. The van der Waals surface area contributed by atoms with Crippen molar-refractivity contribution in [2.24, 2.45) is 51.2 Å². The normalized spacial score (nSPS) is 57.0. The molecule has 5 fully saturated rings. The molecule has 4 nitrogen and oxygen atoms in total. The van der Waals surface area contributed by atoms with Gasteiger partial charge in [-0.25, -0.2) is 0 Å². The van der Waals surface area contributed by atoms with Crippen molar-refractivity contribution in [2.75, 3.05) is 0 Å². The molecule has 0 aromatic heterocycles. The Morgan fingerprint density at radius 3 is 2.30 bits per heavy atom. The molecular formula is C26H40O4. The first kappa shape index (κ1) is 21.0. The van der Waals surface area contributed by atoms with Crippen molar-refractivity contribution in [3.05, 3.63) is 0 Å². The summed E-state index contributed by atoms with van der Waals surface area (Å²) >= 11 is 0. The Morgan fingerprint density at radius 2 is 1.60 bits per heavy atom. The second-order valence-electron chi connectivity index (χ2n) is 13.0. The molecule has 0 bridgehead atoms. The van der Waals surface area contributed by atoms with Crippen LogP contribution in [0.5, 0.6) is 0 Å². The van der Waals surface area contributed by atoms with E-state index in [-0.39, 0.29) is 40.5 Å². The van der Waals surface area contributed by atoms with Crippen LogP contribution in [0.3, 0.4) is 0 Å². The van der Waals surface area contributed by atoms with Gasteiger partial charge in [-0.15, -0.1) is 0 Å². The minimum absolute atomic E-state index is 0.0145. The maximum absolute atomic E-state index is 13.9. The van der Waals surface area contributed by atoms with Crippen LogP contribution in [0.2, 0.25) is 0 Å². The lowest BCUT2D eigenvalue weighted by Crippen LogP contribution is -2.68. The molecule has 1 aliphatic heterocycles. The fourth-order valence-corrected chi connectivity index (χ4v) is 10.1. The maximum atomic E-state index is 13.9. The summed E-state index contributed by atoms with van der Waals surface area (Å²) < 4.78 is 5.59. The second-order valence-corrected chi connectivity index (χ2v) is 13.0. The largest absolute Gasteiger partial charge is 0.462 e. The lowest BCUT2D eigenvalue weighted by molar-refractivity contribution is -0.219. The zero-order chi connectivity index (χ0) is 21.9. The molecule has 0 aromatic carbocycles. The maximum Gasteiger partial charge on any atom is 0.310 e. The molecule has 30 heavy (non-hydrogen) atoms. The molecule has 1 saturated heterocycles. The highest BCUT2D eigenvalue weighted by molar-refractivity contribution is 5.93. The third kappa shape index (κ3) is 2.33. The zero-order valence-electron chi connectivity index (χ0n) is 19.7. The first-order valence-corrected chi connectivity index (χ1v) is 12.3. The number of aliphatic hydroxyl groups excluding tert-OH is 1. The quantitative estimate of drug-likeness (QED) is 0.578. The van der Waals surface area contributed by atoms with E-state index in [2.05, 4.69) is 27.7 Å². The molecule has 1 N–H and O–H groups in total. The van der Waals surface area contributed by atoms with Crippen LogP contribution in [0.15, 0.2) is 0 Å². The summed E-state index contributed by atoms with van der Waals surface area (Å²) in [4.78, 5) is 26.9. The lowest BCUT2D eigenvalue weighted by Gasteiger charge is -2.69. The zero-order valence-corrected chi connectivity index (χ0v) is 19.7. The molecule has 5 rings (SSSR count). The predicted octanol–water partition coefficient (Wildman–Crippen LogP) is 4.77. The van der Waals surface area contributed by atoms with Crippen LogP contribution in [-0.4, -0.2) is 29.1 Å². The Balaban J connectivity index is 1.60. The van der Waals surface area contributed by atoms with E-state index in [1.807, 2.05) is 13.8 Å². The molecule has 4 aliphatic carbocycles. The smallest absolute Gasteiger partial charge is 0.310 e. The Kier molecular flexibility index (Phi) is 4.27. The number of fused-ring (bicyclic) bond motifs is 7. The van der Waals surface area contributed by atoms with E-state index in [1.54, 1.807) is 0 Å². The number of carbonyl (C=O) groups excluding carboxylic acids is 2. The highest BCUT2D eigenvalue weighted by Crippen LogP contribution is 2.73. The fraction of sp³-hybridized carbons (Fsp3) is 0.923. The van der Waals surface area contributed by atoms with E-state index in [1.165, 1.54) is 25.7 Å². The predicted molar refractivity (Wildman–Crippen MR) is 114 cm³/mol. The van der Waals surface area contributed by atoms with Gasteiger partial charge in [0.25, 0.3) is 0 Å². The summed E-state index contributed by atoms with van der Waals surface area (Å²) in [7, 11) is 0. The van der Waals surface area contributed by atoms with Gasteiger partial charge in [0.05, 0.1) is 12.0 Å².